The van der Waals surface area contributed by atoms with E-state index in [1.165, 1.54) is 6.42 Å². The second kappa shape index (κ2) is 2.91. The number of hydrogen-bond acceptors (Lipinski definition) is 1. The first-order valence-electron chi connectivity index (χ1n) is 4.37. The summed E-state index contributed by atoms with van der Waals surface area (Å²) < 4.78 is 0. The van der Waals surface area contributed by atoms with Crippen LogP contribution in [0.1, 0.15) is 34.1 Å². The van der Waals surface area contributed by atoms with Crippen LogP contribution >= 0.6 is 0 Å². The molecular weight excluding hydrogens is 122 g/mol. The summed E-state index contributed by atoms with van der Waals surface area (Å²) in [6, 6.07) is 1.43. The lowest BCUT2D eigenvalue weighted by atomic mass is 9.81. The molecule has 1 fully saturated rings. The molecule has 0 aliphatic carbocycles. The molecule has 0 radical (unpaired) electrons. The Bertz CT molecular complexity index is 99.3. The Morgan fingerprint density at radius 1 is 1.10 bits per heavy atom. The third-order valence-corrected chi connectivity index (χ3v) is 2.96. The Kier molecular flexibility index (Phi) is 2.35. The van der Waals surface area contributed by atoms with Crippen molar-refractivity contribution in [2.45, 2.75) is 46.2 Å². The third-order valence-electron chi connectivity index (χ3n) is 2.96. The standard InChI is InChI=1S/C9H19N/c1-6-5-7(2)10-9(4)8(6)3/h6-10H,5H2,1-4H3. The average molecular weight is 141 g/mol. The van der Waals surface area contributed by atoms with E-state index in [9.17, 15) is 0 Å². The van der Waals surface area contributed by atoms with Gasteiger partial charge in [-0.25, -0.2) is 0 Å². The van der Waals surface area contributed by atoms with Crippen LogP contribution in [0.3, 0.4) is 0 Å². The fraction of sp³-hybridized carbons (Fsp3) is 1.00. The van der Waals surface area contributed by atoms with Crippen molar-refractivity contribution in [2.75, 3.05) is 0 Å². The van der Waals surface area contributed by atoms with Gasteiger partial charge < -0.3 is 5.32 Å². The molecule has 1 N–H and O–H groups in total. The fourth-order valence-electron chi connectivity index (χ4n) is 1.93. The summed E-state index contributed by atoms with van der Waals surface area (Å²) in [6.07, 6.45) is 1.34. The molecule has 0 aromatic rings. The fourth-order valence-corrected chi connectivity index (χ4v) is 1.93. The van der Waals surface area contributed by atoms with Crippen LogP contribution in [-0.4, -0.2) is 12.1 Å². The zero-order valence-corrected chi connectivity index (χ0v) is 7.52. The summed E-state index contributed by atoms with van der Waals surface area (Å²) in [4.78, 5) is 0. The second-order valence-corrected chi connectivity index (χ2v) is 3.93. The highest BCUT2D eigenvalue weighted by molar-refractivity contribution is 4.83. The molecule has 1 nitrogen and oxygen atoms in total. The van der Waals surface area contributed by atoms with Gasteiger partial charge in [0.15, 0.2) is 0 Å². The van der Waals surface area contributed by atoms with E-state index in [4.69, 9.17) is 0 Å². The molecule has 10 heavy (non-hydrogen) atoms. The van der Waals surface area contributed by atoms with Crippen LogP contribution in [0, 0.1) is 11.8 Å². The van der Waals surface area contributed by atoms with Crippen molar-refractivity contribution in [3.63, 3.8) is 0 Å². The van der Waals surface area contributed by atoms with Gasteiger partial charge in [0.1, 0.15) is 0 Å². The van der Waals surface area contributed by atoms with Crippen LogP contribution in [0.2, 0.25) is 0 Å². The molecule has 1 heterocycles. The molecule has 4 atom stereocenters. The van der Waals surface area contributed by atoms with Crippen molar-refractivity contribution in [3.8, 4) is 0 Å². The lowest BCUT2D eigenvalue weighted by Gasteiger charge is -2.36. The van der Waals surface area contributed by atoms with Gasteiger partial charge in [-0.2, -0.15) is 0 Å². The minimum Gasteiger partial charge on any atom is -0.311 e. The predicted molar refractivity (Wildman–Crippen MR) is 45.0 cm³/mol. The van der Waals surface area contributed by atoms with Crippen molar-refractivity contribution >= 4 is 0 Å². The van der Waals surface area contributed by atoms with Gasteiger partial charge in [-0.15, -0.1) is 0 Å². The zero-order valence-electron chi connectivity index (χ0n) is 7.52. The minimum atomic E-state index is 0.707. The molecule has 1 aliphatic rings. The van der Waals surface area contributed by atoms with Crippen molar-refractivity contribution < 1.29 is 0 Å². The normalized spacial score (nSPS) is 49.2. The summed E-state index contributed by atoms with van der Waals surface area (Å²) in [6.45, 7) is 9.27. The molecule has 1 aliphatic heterocycles. The lowest BCUT2D eigenvalue weighted by molar-refractivity contribution is 0.194. The van der Waals surface area contributed by atoms with E-state index in [-0.39, 0.29) is 0 Å². The molecule has 0 bridgehead atoms. The van der Waals surface area contributed by atoms with Crippen molar-refractivity contribution in [1.29, 1.82) is 0 Å². The number of rotatable bonds is 0. The smallest absolute Gasteiger partial charge is 0.00693 e. The van der Waals surface area contributed by atoms with Gasteiger partial charge in [0.25, 0.3) is 0 Å². The maximum atomic E-state index is 3.56. The van der Waals surface area contributed by atoms with Crippen LogP contribution < -0.4 is 5.32 Å². The molecule has 0 saturated carbocycles. The van der Waals surface area contributed by atoms with Gasteiger partial charge in [0.2, 0.25) is 0 Å². The maximum Gasteiger partial charge on any atom is 0.00693 e. The first-order chi connectivity index (χ1) is 4.61. The molecule has 0 aromatic carbocycles. The van der Waals surface area contributed by atoms with Gasteiger partial charge in [0, 0.05) is 12.1 Å². The van der Waals surface area contributed by atoms with E-state index in [0.29, 0.717) is 6.04 Å². The molecular formula is C9H19N. The Morgan fingerprint density at radius 3 is 2.20 bits per heavy atom. The average Bonchev–Trinajstić information content (AvgIpc) is 1.82. The minimum absolute atomic E-state index is 0.707. The maximum absolute atomic E-state index is 3.56. The summed E-state index contributed by atoms with van der Waals surface area (Å²) in [5.74, 6) is 1.74. The van der Waals surface area contributed by atoms with E-state index in [0.717, 1.165) is 17.9 Å². The molecule has 4 unspecified atom stereocenters. The molecule has 1 rings (SSSR count). The Hall–Kier alpha value is -0.0400. The van der Waals surface area contributed by atoms with Crippen LogP contribution in [0.5, 0.6) is 0 Å². The van der Waals surface area contributed by atoms with E-state index < -0.39 is 0 Å². The predicted octanol–water partition coefficient (Wildman–Crippen LogP) is 2.03. The number of piperidine rings is 1. The molecule has 1 heteroatoms. The third kappa shape index (κ3) is 1.51. The van der Waals surface area contributed by atoms with Crippen LogP contribution in [0.25, 0.3) is 0 Å². The largest absolute Gasteiger partial charge is 0.311 e. The van der Waals surface area contributed by atoms with Crippen molar-refractivity contribution in [2.24, 2.45) is 11.8 Å². The van der Waals surface area contributed by atoms with E-state index in [1.807, 2.05) is 0 Å². The Balaban J connectivity index is 2.49. The van der Waals surface area contributed by atoms with Crippen molar-refractivity contribution in [1.82, 2.24) is 5.32 Å². The van der Waals surface area contributed by atoms with Crippen LogP contribution in [0.15, 0.2) is 0 Å². The quantitative estimate of drug-likeness (QED) is 0.544. The Morgan fingerprint density at radius 2 is 1.70 bits per heavy atom. The molecule has 1 saturated heterocycles. The summed E-state index contributed by atoms with van der Waals surface area (Å²) >= 11 is 0. The summed E-state index contributed by atoms with van der Waals surface area (Å²) in [5, 5.41) is 3.56. The summed E-state index contributed by atoms with van der Waals surface area (Å²) in [7, 11) is 0. The molecule has 0 aromatic heterocycles. The van der Waals surface area contributed by atoms with Gasteiger partial charge in [0.05, 0.1) is 0 Å². The van der Waals surface area contributed by atoms with Gasteiger partial charge in [-0.05, 0) is 32.1 Å². The van der Waals surface area contributed by atoms with Crippen LogP contribution in [0.4, 0.5) is 0 Å². The first-order valence-corrected chi connectivity index (χ1v) is 4.37. The Labute approximate surface area is 64.2 Å². The summed E-state index contributed by atoms with van der Waals surface area (Å²) in [5.41, 5.74) is 0. The second-order valence-electron chi connectivity index (χ2n) is 3.93. The van der Waals surface area contributed by atoms with E-state index >= 15 is 0 Å². The van der Waals surface area contributed by atoms with Gasteiger partial charge >= 0.3 is 0 Å². The number of nitrogens with one attached hydrogen (secondary N) is 1. The zero-order chi connectivity index (χ0) is 7.72. The van der Waals surface area contributed by atoms with Crippen LogP contribution in [-0.2, 0) is 0 Å². The lowest BCUT2D eigenvalue weighted by Crippen LogP contribution is -2.47. The molecule has 0 amide bonds. The first kappa shape index (κ1) is 8.06. The highest BCUT2D eigenvalue weighted by atomic mass is 15.0. The van der Waals surface area contributed by atoms with E-state index in [2.05, 4.69) is 33.0 Å². The highest BCUT2D eigenvalue weighted by Gasteiger charge is 2.26. The van der Waals surface area contributed by atoms with E-state index in [1.54, 1.807) is 0 Å². The topological polar surface area (TPSA) is 12.0 Å². The molecule has 0 spiro atoms. The van der Waals surface area contributed by atoms with Gasteiger partial charge in [-0.1, -0.05) is 13.8 Å². The van der Waals surface area contributed by atoms with Gasteiger partial charge in [-0.3, -0.25) is 0 Å². The molecule has 60 valence electrons. The monoisotopic (exact) mass is 141 g/mol. The number of hydrogen-bond donors (Lipinski definition) is 1. The van der Waals surface area contributed by atoms with Crippen molar-refractivity contribution in [3.05, 3.63) is 0 Å². The SMILES string of the molecule is CC1CC(C)C(C)C(C)N1. The highest BCUT2D eigenvalue weighted by Crippen LogP contribution is 2.25.